The fourth-order valence-corrected chi connectivity index (χ4v) is 2.30. The average molecular weight is 257 g/mol. The van der Waals surface area contributed by atoms with Crippen molar-refractivity contribution in [3.05, 3.63) is 11.7 Å². The molecule has 0 bridgehead atoms. The van der Waals surface area contributed by atoms with Crippen molar-refractivity contribution < 1.29 is 4.52 Å². The van der Waals surface area contributed by atoms with Crippen LogP contribution in [0, 0.1) is 0 Å². The van der Waals surface area contributed by atoms with Crippen LogP contribution in [-0.2, 0) is 5.75 Å². The summed E-state index contributed by atoms with van der Waals surface area (Å²) >= 11 is 1.86. The van der Waals surface area contributed by atoms with Crippen molar-refractivity contribution in [2.75, 3.05) is 6.54 Å². The third-order valence-electron chi connectivity index (χ3n) is 2.83. The fourth-order valence-electron chi connectivity index (χ4n) is 1.52. The summed E-state index contributed by atoms with van der Waals surface area (Å²) in [5.41, 5.74) is 5.71. The van der Waals surface area contributed by atoms with Crippen LogP contribution in [0.2, 0.25) is 0 Å². The first-order valence-electron chi connectivity index (χ1n) is 6.35. The molecule has 2 N–H and O–H groups in total. The Morgan fingerprint density at radius 1 is 1.41 bits per heavy atom. The molecule has 1 aromatic rings. The fraction of sp³-hybridized carbons (Fsp3) is 0.833. The molecule has 98 valence electrons. The van der Waals surface area contributed by atoms with Crippen LogP contribution >= 0.6 is 11.8 Å². The van der Waals surface area contributed by atoms with Gasteiger partial charge in [0.15, 0.2) is 5.82 Å². The van der Waals surface area contributed by atoms with Gasteiger partial charge in [0.1, 0.15) is 0 Å². The Kier molecular flexibility index (Phi) is 6.58. The zero-order valence-electron chi connectivity index (χ0n) is 11.0. The van der Waals surface area contributed by atoms with E-state index < -0.39 is 0 Å². The normalized spacial score (nSPS) is 14.8. The SMILES string of the molecule is CCCC(CN)c1nc(CSC(C)CC)no1. The molecule has 1 heterocycles. The van der Waals surface area contributed by atoms with Gasteiger partial charge in [-0.15, -0.1) is 0 Å². The first-order chi connectivity index (χ1) is 8.21. The first kappa shape index (κ1) is 14.5. The minimum atomic E-state index is 0.217. The lowest BCUT2D eigenvalue weighted by Crippen LogP contribution is -2.12. The molecule has 0 aliphatic heterocycles. The van der Waals surface area contributed by atoms with Crippen LogP contribution in [0.1, 0.15) is 57.7 Å². The molecule has 0 saturated heterocycles. The minimum Gasteiger partial charge on any atom is -0.339 e. The number of thioether (sulfide) groups is 1. The molecule has 0 aromatic carbocycles. The molecule has 2 atom stereocenters. The molecule has 1 rings (SSSR count). The molecule has 1 aromatic heterocycles. The van der Waals surface area contributed by atoms with E-state index in [-0.39, 0.29) is 5.92 Å². The molecule has 5 heteroatoms. The highest BCUT2D eigenvalue weighted by molar-refractivity contribution is 7.99. The van der Waals surface area contributed by atoms with E-state index in [2.05, 4.69) is 30.9 Å². The van der Waals surface area contributed by atoms with E-state index >= 15 is 0 Å². The molecule has 0 radical (unpaired) electrons. The molecule has 17 heavy (non-hydrogen) atoms. The largest absolute Gasteiger partial charge is 0.339 e. The molecule has 0 aliphatic rings. The van der Waals surface area contributed by atoms with Gasteiger partial charge in [0.05, 0.1) is 11.7 Å². The Morgan fingerprint density at radius 3 is 2.76 bits per heavy atom. The molecule has 0 amide bonds. The molecule has 0 saturated carbocycles. The first-order valence-corrected chi connectivity index (χ1v) is 7.40. The van der Waals surface area contributed by atoms with Gasteiger partial charge in [-0.3, -0.25) is 0 Å². The van der Waals surface area contributed by atoms with E-state index in [1.807, 2.05) is 11.8 Å². The highest BCUT2D eigenvalue weighted by Gasteiger charge is 2.16. The summed E-state index contributed by atoms with van der Waals surface area (Å²) < 4.78 is 5.28. The average Bonchev–Trinajstić information content (AvgIpc) is 2.81. The van der Waals surface area contributed by atoms with Crippen molar-refractivity contribution in [1.82, 2.24) is 10.1 Å². The Balaban J connectivity index is 2.51. The van der Waals surface area contributed by atoms with Crippen molar-refractivity contribution >= 4 is 11.8 Å². The van der Waals surface area contributed by atoms with Gasteiger partial charge in [-0.25, -0.2) is 0 Å². The Morgan fingerprint density at radius 2 is 2.18 bits per heavy atom. The number of aromatic nitrogens is 2. The van der Waals surface area contributed by atoms with Gasteiger partial charge in [0.25, 0.3) is 0 Å². The number of nitrogens with zero attached hydrogens (tertiary/aromatic N) is 2. The minimum absolute atomic E-state index is 0.217. The zero-order chi connectivity index (χ0) is 12.7. The molecule has 2 unspecified atom stereocenters. The van der Waals surface area contributed by atoms with Gasteiger partial charge < -0.3 is 10.3 Å². The van der Waals surface area contributed by atoms with E-state index in [0.29, 0.717) is 17.7 Å². The molecular weight excluding hydrogens is 234 g/mol. The Labute approximate surface area is 108 Å². The zero-order valence-corrected chi connectivity index (χ0v) is 11.8. The summed E-state index contributed by atoms with van der Waals surface area (Å²) in [4.78, 5) is 4.43. The van der Waals surface area contributed by atoms with Crippen LogP contribution in [-0.4, -0.2) is 21.9 Å². The second kappa shape index (κ2) is 7.71. The maximum atomic E-state index is 5.71. The monoisotopic (exact) mass is 257 g/mol. The van der Waals surface area contributed by atoms with E-state index in [0.717, 1.165) is 30.8 Å². The summed E-state index contributed by atoms with van der Waals surface area (Å²) in [7, 11) is 0. The number of hydrogen-bond acceptors (Lipinski definition) is 5. The van der Waals surface area contributed by atoms with Crippen molar-refractivity contribution in [1.29, 1.82) is 0 Å². The predicted molar refractivity (Wildman–Crippen MR) is 72.0 cm³/mol. The summed E-state index contributed by atoms with van der Waals surface area (Å²) in [5, 5.41) is 4.65. The van der Waals surface area contributed by atoms with Gasteiger partial charge >= 0.3 is 0 Å². The van der Waals surface area contributed by atoms with Crippen molar-refractivity contribution in [3.8, 4) is 0 Å². The summed E-state index contributed by atoms with van der Waals surface area (Å²) in [6.07, 6.45) is 3.26. The molecule has 0 aliphatic carbocycles. The van der Waals surface area contributed by atoms with Crippen LogP contribution in [0.25, 0.3) is 0 Å². The predicted octanol–water partition coefficient (Wildman–Crippen LogP) is 2.94. The van der Waals surface area contributed by atoms with Gasteiger partial charge in [-0.1, -0.05) is 32.3 Å². The highest BCUT2D eigenvalue weighted by Crippen LogP contribution is 2.21. The molecular formula is C12H23N3OS. The van der Waals surface area contributed by atoms with Gasteiger partial charge in [0.2, 0.25) is 5.89 Å². The van der Waals surface area contributed by atoms with Gasteiger partial charge in [-0.05, 0) is 12.8 Å². The van der Waals surface area contributed by atoms with E-state index in [1.54, 1.807) is 0 Å². The van der Waals surface area contributed by atoms with Crippen LogP contribution in [0.4, 0.5) is 0 Å². The van der Waals surface area contributed by atoms with E-state index in [9.17, 15) is 0 Å². The van der Waals surface area contributed by atoms with E-state index in [4.69, 9.17) is 10.3 Å². The number of hydrogen-bond donors (Lipinski definition) is 1. The van der Waals surface area contributed by atoms with Crippen LogP contribution in [0.15, 0.2) is 4.52 Å². The quantitative estimate of drug-likeness (QED) is 0.775. The van der Waals surface area contributed by atoms with Crippen molar-refractivity contribution in [2.24, 2.45) is 5.73 Å². The standard InChI is InChI=1S/C12H23N3OS/c1-4-6-10(7-13)12-14-11(15-16-12)8-17-9(3)5-2/h9-10H,4-8,13H2,1-3H3. The molecule has 4 nitrogen and oxygen atoms in total. The summed E-state index contributed by atoms with van der Waals surface area (Å²) in [5.74, 6) is 2.53. The lowest BCUT2D eigenvalue weighted by Gasteiger charge is -2.07. The topological polar surface area (TPSA) is 64.9 Å². The third-order valence-corrected chi connectivity index (χ3v) is 4.15. The van der Waals surface area contributed by atoms with E-state index in [1.165, 1.54) is 0 Å². The Bertz CT molecular complexity index is 316. The number of nitrogens with two attached hydrogens (primary N) is 1. The van der Waals surface area contributed by atoms with Gasteiger partial charge in [-0.2, -0.15) is 16.7 Å². The maximum Gasteiger partial charge on any atom is 0.231 e. The number of rotatable bonds is 8. The van der Waals surface area contributed by atoms with Crippen molar-refractivity contribution in [2.45, 2.75) is 57.0 Å². The maximum absolute atomic E-state index is 5.71. The highest BCUT2D eigenvalue weighted by atomic mass is 32.2. The second-order valence-electron chi connectivity index (χ2n) is 4.30. The lowest BCUT2D eigenvalue weighted by atomic mass is 10.0. The van der Waals surface area contributed by atoms with Crippen LogP contribution in [0.3, 0.4) is 0 Å². The van der Waals surface area contributed by atoms with Crippen LogP contribution < -0.4 is 5.73 Å². The third kappa shape index (κ3) is 4.68. The molecule has 0 spiro atoms. The smallest absolute Gasteiger partial charge is 0.231 e. The Hall–Kier alpha value is -0.550. The van der Waals surface area contributed by atoms with Gasteiger partial charge in [0, 0.05) is 11.8 Å². The summed E-state index contributed by atoms with van der Waals surface area (Å²) in [6, 6.07) is 0. The lowest BCUT2D eigenvalue weighted by molar-refractivity contribution is 0.344. The molecule has 0 fully saturated rings. The summed E-state index contributed by atoms with van der Waals surface area (Å²) in [6.45, 7) is 7.11. The second-order valence-corrected chi connectivity index (χ2v) is 5.73. The van der Waals surface area contributed by atoms with Crippen LogP contribution in [0.5, 0.6) is 0 Å². The van der Waals surface area contributed by atoms with Crippen molar-refractivity contribution in [3.63, 3.8) is 0 Å².